The van der Waals surface area contributed by atoms with Gasteiger partial charge in [0, 0.05) is 37.4 Å². The monoisotopic (exact) mass is 249 g/mol. The van der Waals surface area contributed by atoms with Crippen LogP contribution in [0.25, 0.3) is 0 Å². The predicted octanol–water partition coefficient (Wildman–Crippen LogP) is 1.59. The van der Waals surface area contributed by atoms with Crippen molar-refractivity contribution in [1.29, 1.82) is 0 Å². The third kappa shape index (κ3) is 2.82. The molecule has 0 bridgehead atoms. The zero-order chi connectivity index (χ0) is 13.1. The molecule has 2 rings (SSSR count). The number of hydrogen-bond acceptors (Lipinski definition) is 4. The fourth-order valence-electron chi connectivity index (χ4n) is 2.34. The number of anilines is 1. The second kappa shape index (κ2) is 5.67. The lowest BCUT2D eigenvalue weighted by atomic mass is 10.1. The van der Waals surface area contributed by atoms with Gasteiger partial charge in [-0.3, -0.25) is 0 Å². The maximum absolute atomic E-state index is 9.89. The van der Waals surface area contributed by atoms with E-state index in [4.69, 9.17) is 0 Å². The lowest BCUT2D eigenvalue weighted by Gasteiger charge is -2.33. The van der Waals surface area contributed by atoms with E-state index in [1.165, 1.54) is 0 Å². The van der Waals surface area contributed by atoms with Crippen molar-refractivity contribution in [2.45, 2.75) is 26.4 Å². The standard InChI is InChI=1S/C14H23N3O/c1-4-13(18)12-5-6-14(15-11(12)2)17-9-7-16(3)8-10-17/h5-6,13,18H,4,7-10H2,1-3H3. The van der Waals surface area contributed by atoms with Crippen LogP contribution >= 0.6 is 0 Å². The fourth-order valence-corrected chi connectivity index (χ4v) is 2.34. The summed E-state index contributed by atoms with van der Waals surface area (Å²) in [5, 5.41) is 9.89. The Labute approximate surface area is 109 Å². The average Bonchev–Trinajstić information content (AvgIpc) is 2.38. The first-order chi connectivity index (χ1) is 8.61. The van der Waals surface area contributed by atoms with E-state index in [2.05, 4.69) is 21.8 Å². The molecule has 1 unspecified atom stereocenters. The molecule has 100 valence electrons. The number of nitrogens with zero attached hydrogens (tertiary/aromatic N) is 3. The molecule has 1 aromatic heterocycles. The summed E-state index contributed by atoms with van der Waals surface area (Å²) in [6.07, 6.45) is 0.343. The maximum atomic E-state index is 9.89. The predicted molar refractivity (Wildman–Crippen MR) is 73.9 cm³/mol. The molecule has 1 saturated heterocycles. The van der Waals surface area contributed by atoms with Gasteiger partial charge in [0.15, 0.2) is 0 Å². The van der Waals surface area contributed by atoms with Crippen molar-refractivity contribution in [3.63, 3.8) is 0 Å². The molecule has 1 aliphatic heterocycles. The van der Waals surface area contributed by atoms with Crippen LogP contribution in [-0.4, -0.2) is 48.2 Å². The molecular weight excluding hydrogens is 226 g/mol. The topological polar surface area (TPSA) is 39.6 Å². The maximum Gasteiger partial charge on any atom is 0.128 e. The third-order valence-corrected chi connectivity index (χ3v) is 3.68. The van der Waals surface area contributed by atoms with E-state index in [1.807, 2.05) is 26.0 Å². The minimum absolute atomic E-state index is 0.390. The van der Waals surface area contributed by atoms with Crippen LogP contribution in [0.5, 0.6) is 0 Å². The molecule has 1 atom stereocenters. The zero-order valence-electron chi connectivity index (χ0n) is 11.6. The number of hydrogen-bond donors (Lipinski definition) is 1. The first-order valence-electron chi connectivity index (χ1n) is 6.71. The highest BCUT2D eigenvalue weighted by Gasteiger charge is 2.17. The number of rotatable bonds is 3. The van der Waals surface area contributed by atoms with Crippen LogP contribution in [0.2, 0.25) is 0 Å². The molecule has 4 nitrogen and oxygen atoms in total. The second-order valence-corrected chi connectivity index (χ2v) is 5.06. The number of aliphatic hydroxyl groups excluding tert-OH is 1. The van der Waals surface area contributed by atoms with Crippen LogP contribution in [0, 0.1) is 6.92 Å². The summed E-state index contributed by atoms with van der Waals surface area (Å²) < 4.78 is 0. The van der Waals surface area contributed by atoms with E-state index in [1.54, 1.807) is 0 Å². The smallest absolute Gasteiger partial charge is 0.128 e. The average molecular weight is 249 g/mol. The van der Waals surface area contributed by atoms with Crippen LogP contribution in [0.15, 0.2) is 12.1 Å². The van der Waals surface area contributed by atoms with E-state index in [9.17, 15) is 5.11 Å². The van der Waals surface area contributed by atoms with E-state index in [0.717, 1.165) is 49.7 Å². The van der Waals surface area contributed by atoms with Crippen molar-refractivity contribution in [3.05, 3.63) is 23.4 Å². The van der Waals surface area contributed by atoms with Crippen LogP contribution in [0.4, 0.5) is 5.82 Å². The van der Waals surface area contributed by atoms with Crippen molar-refractivity contribution >= 4 is 5.82 Å². The van der Waals surface area contributed by atoms with Crippen LogP contribution < -0.4 is 4.90 Å². The number of aliphatic hydroxyl groups is 1. The molecule has 0 radical (unpaired) electrons. The van der Waals surface area contributed by atoms with Gasteiger partial charge in [0.2, 0.25) is 0 Å². The summed E-state index contributed by atoms with van der Waals surface area (Å²) in [6, 6.07) is 4.05. The van der Waals surface area contributed by atoms with Crippen molar-refractivity contribution in [1.82, 2.24) is 9.88 Å². The first-order valence-corrected chi connectivity index (χ1v) is 6.71. The van der Waals surface area contributed by atoms with Crippen molar-refractivity contribution < 1.29 is 5.11 Å². The van der Waals surface area contributed by atoms with Gasteiger partial charge in [-0.1, -0.05) is 13.0 Å². The fraction of sp³-hybridized carbons (Fsp3) is 0.643. The molecule has 0 amide bonds. The number of aromatic nitrogens is 1. The van der Waals surface area contributed by atoms with E-state index < -0.39 is 0 Å². The van der Waals surface area contributed by atoms with Gasteiger partial charge in [0.1, 0.15) is 5.82 Å². The molecule has 0 saturated carbocycles. The van der Waals surface area contributed by atoms with Crippen molar-refractivity contribution in [2.75, 3.05) is 38.1 Å². The summed E-state index contributed by atoms with van der Waals surface area (Å²) >= 11 is 0. The highest BCUT2D eigenvalue weighted by Crippen LogP contribution is 2.22. The molecule has 0 spiro atoms. The molecule has 4 heteroatoms. The van der Waals surface area contributed by atoms with E-state index in [0.29, 0.717) is 0 Å². The molecule has 1 N–H and O–H groups in total. The van der Waals surface area contributed by atoms with Crippen molar-refractivity contribution in [3.8, 4) is 0 Å². The van der Waals surface area contributed by atoms with Gasteiger partial charge in [0.05, 0.1) is 6.10 Å². The lowest BCUT2D eigenvalue weighted by Crippen LogP contribution is -2.44. The van der Waals surface area contributed by atoms with Crippen LogP contribution in [0.3, 0.4) is 0 Å². The van der Waals surface area contributed by atoms with Crippen LogP contribution in [0.1, 0.15) is 30.7 Å². The van der Waals surface area contributed by atoms with E-state index in [-0.39, 0.29) is 6.10 Å². The van der Waals surface area contributed by atoms with Gasteiger partial charge in [-0.05, 0) is 26.5 Å². The van der Waals surface area contributed by atoms with Gasteiger partial charge < -0.3 is 14.9 Å². The highest BCUT2D eigenvalue weighted by atomic mass is 16.3. The summed E-state index contributed by atoms with van der Waals surface area (Å²) in [4.78, 5) is 9.28. The molecule has 0 aliphatic carbocycles. The van der Waals surface area contributed by atoms with E-state index >= 15 is 0 Å². The van der Waals surface area contributed by atoms with Gasteiger partial charge in [-0.2, -0.15) is 0 Å². The van der Waals surface area contributed by atoms with Gasteiger partial charge in [-0.25, -0.2) is 4.98 Å². The SMILES string of the molecule is CCC(O)c1ccc(N2CCN(C)CC2)nc1C. The van der Waals surface area contributed by atoms with Gasteiger partial charge in [0.25, 0.3) is 0 Å². The zero-order valence-corrected chi connectivity index (χ0v) is 11.6. The second-order valence-electron chi connectivity index (χ2n) is 5.06. The molecular formula is C14H23N3O. The number of aryl methyl sites for hydroxylation is 1. The molecule has 18 heavy (non-hydrogen) atoms. The Balaban J connectivity index is 2.13. The Morgan fingerprint density at radius 3 is 2.50 bits per heavy atom. The Bertz CT molecular complexity index is 400. The number of likely N-dealkylation sites (N-methyl/N-ethyl adjacent to an activating group) is 1. The normalized spacial score (nSPS) is 19.0. The number of pyridine rings is 1. The summed E-state index contributed by atoms with van der Waals surface area (Å²) in [5.41, 5.74) is 1.90. The van der Waals surface area contributed by atoms with Crippen LogP contribution in [-0.2, 0) is 0 Å². The third-order valence-electron chi connectivity index (χ3n) is 3.68. The van der Waals surface area contributed by atoms with Crippen molar-refractivity contribution in [2.24, 2.45) is 0 Å². The minimum atomic E-state index is -0.390. The Kier molecular flexibility index (Phi) is 4.19. The molecule has 1 aliphatic rings. The van der Waals surface area contributed by atoms with Gasteiger partial charge >= 0.3 is 0 Å². The molecule has 1 fully saturated rings. The lowest BCUT2D eigenvalue weighted by molar-refractivity contribution is 0.172. The molecule has 1 aromatic rings. The summed E-state index contributed by atoms with van der Waals surface area (Å²) in [6.45, 7) is 8.18. The summed E-state index contributed by atoms with van der Waals surface area (Å²) in [5.74, 6) is 1.03. The highest BCUT2D eigenvalue weighted by molar-refractivity contribution is 5.42. The number of piperazine rings is 1. The minimum Gasteiger partial charge on any atom is -0.388 e. The first kappa shape index (κ1) is 13.3. The molecule has 2 heterocycles. The van der Waals surface area contributed by atoms with Gasteiger partial charge in [-0.15, -0.1) is 0 Å². The largest absolute Gasteiger partial charge is 0.388 e. The molecule has 0 aromatic carbocycles. The summed E-state index contributed by atoms with van der Waals surface area (Å²) in [7, 11) is 2.15. The Morgan fingerprint density at radius 2 is 1.94 bits per heavy atom. The Morgan fingerprint density at radius 1 is 1.28 bits per heavy atom. The quantitative estimate of drug-likeness (QED) is 0.883. The Hall–Kier alpha value is -1.13.